The topological polar surface area (TPSA) is 49.8 Å². The van der Waals surface area contributed by atoms with E-state index in [0.717, 1.165) is 38.5 Å². The third-order valence-corrected chi connectivity index (χ3v) is 5.62. The van der Waals surface area contributed by atoms with Crippen LogP contribution in [0.5, 0.6) is 0 Å². The summed E-state index contributed by atoms with van der Waals surface area (Å²) >= 11 is 0. The number of hydrogen-bond donors (Lipinski definition) is 1. The number of hydrogen-bond acceptors (Lipinski definition) is 3. The number of aliphatic hydroxyl groups is 1. The molecule has 0 bridgehead atoms. The van der Waals surface area contributed by atoms with Gasteiger partial charge in [0.25, 0.3) is 0 Å². The van der Waals surface area contributed by atoms with Crippen LogP contribution in [0.2, 0.25) is 0 Å². The Labute approximate surface area is 141 Å². The fourth-order valence-electron chi connectivity index (χ4n) is 4.36. The van der Waals surface area contributed by atoms with Crippen LogP contribution in [0.25, 0.3) is 0 Å². The molecule has 1 amide bonds. The number of likely N-dealkylation sites (tertiary alicyclic amines) is 1. The number of nitrogens with zero attached hydrogens (tertiary/aromatic N) is 1. The Bertz CT molecular complexity index is 427. The van der Waals surface area contributed by atoms with Crippen molar-refractivity contribution in [2.75, 3.05) is 0 Å². The average Bonchev–Trinajstić information content (AvgIpc) is 2.39. The number of amides is 1. The van der Waals surface area contributed by atoms with E-state index in [1.165, 1.54) is 0 Å². The standard InChI is InChI=1S/C19H35NO3/c1-13-9-7-11-15(20(13)17(22)23-18(2,3)4)14-10-8-12-19(5,6)16(14)21/h13-16,21H,7-12H2,1-6H3. The molecule has 23 heavy (non-hydrogen) atoms. The Hall–Kier alpha value is -0.770. The molecule has 2 aliphatic rings. The minimum Gasteiger partial charge on any atom is -0.444 e. The van der Waals surface area contributed by atoms with Gasteiger partial charge in [-0.3, -0.25) is 0 Å². The first-order valence-corrected chi connectivity index (χ1v) is 9.22. The maximum Gasteiger partial charge on any atom is 0.410 e. The number of rotatable bonds is 1. The first-order chi connectivity index (χ1) is 10.5. The first kappa shape index (κ1) is 18.6. The molecule has 1 aliphatic heterocycles. The fraction of sp³-hybridized carbons (Fsp3) is 0.947. The minimum absolute atomic E-state index is 0.0663. The maximum atomic E-state index is 12.8. The molecule has 0 aromatic carbocycles. The van der Waals surface area contributed by atoms with Gasteiger partial charge < -0.3 is 14.7 Å². The van der Waals surface area contributed by atoms with Gasteiger partial charge in [0, 0.05) is 18.0 Å². The molecule has 0 aromatic rings. The molecule has 4 unspecified atom stereocenters. The van der Waals surface area contributed by atoms with E-state index in [2.05, 4.69) is 20.8 Å². The summed E-state index contributed by atoms with van der Waals surface area (Å²) in [6.45, 7) is 12.1. The van der Waals surface area contributed by atoms with Crippen LogP contribution < -0.4 is 0 Å². The Morgan fingerprint density at radius 3 is 2.43 bits per heavy atom. The molecule has 1 N–H and O–H groups in total. The third-order valence-electron chi connectivity index (χ3n) is 5.62. The van der Waals surface area contributed by atoms with Crippen LogP contribution in [-0.2, 0) is 4.74 Å². The summed E-state index contributed by atoms with van der Waals surface area (Å²) in [7, 11) is 0. The van der Waals surface area contributed by atoms with Crippen molar-refractivity contribution in [1.82, 2.24) is 4.90 Å². The number of carbonyl (C=O) groups excluding carboxylic acids is 1. The maximum absolute atomic E-state index is 12.8. The van der Waals surface area contributed by atoms with Gasteiger partial charge in [-0.25, -0.2) is 4.79 Å². The fourth-order valence-corrected chi connectivity index (χ4v) is 4.36. The summed E-state index contributed by atoms with van der Waals surface area (Å²) < 4.78 is 5.66. The number of carbonyl (C=O) groups is 1. The third kappa shape index (κ3) is 4.20. The van der Waals surface area contributed by atoms with E-state index in [1.54, 1.807) is 0 Å². The SMILES string of the molecule is CC1CCCC(C2CCCC(C)(C)C2O)N1C(=O)OC(C)(C)C. The van der Waals surface area contributed by atoms with Crippen molar-refractivity contribution in [3.63, 3.8) is 0 Å². The van der Waals surface area contributed by atoms with Crippen molar-refractivity contribution in [3.05, 3.63) is 0 Å². The molecule has 0 spiro atoms. The lowest BCUT2D eigenvalue weighted by atomic mass is 9.66. The van der Waals surface area contributed by atoms with Crippen molar-refractivity contribution in [1.29, 1.82) is 0 Å². The highest BCUT2D eigenvalue weighted by molar-refractivity contribution is 5.69. The van der Waals surface area contributed by atoms with E-state index in [0.29, 0.717) is 0 Å². The van der Waals surface area contributed by atoms with Crippen molar-refractivity contribution in [3.8, 4) is 0 Å². The summed E-state index contributed by atoms with van der Waals surface area (Å²) in [5.74, 6) is 0.161. The van der Waals surface area contributed by atoms with Crippen LogP contribution >= 0.6 is 0 Å². The van der Waals surface area contributed by atoms with Gasteiger partial charge >= 0.3 is 6.09 Å². The predicted molar refractivity (Wildman–Crippen MR) is 92.3 cm³/mol. The Balaban J connectivity index is 2.21. The second-order valence-corrected chi connectivity index (χ2v) is 9.22. The molecule has 1 aliphatic carbocycles. The largest absolute Gasteiger partial charge is 0.444 e. The summed E-state index contributed by atoms with van der Waals surface area (Å²) in [6, 6.07) is 0.281. The van der Waals surface area contributed by atoms with Crippen molar-refractivity contribution in [2.24, 2.45) is 11.3 Å². The van der Waals surface area contributed by atoms with Gasteiger partial charge in [0.1, 0.15) is 5.60 Å². The normalized spacial score (nSPS) is 35.0. The minimum atomic E-state index is -0.483. The molecule has 2 rings (SSSR count). The molecule has 1 saturated heterocycles. The molecule has 1 saturated carbocycles. The smallest absolute Gasteiger partial charge is 0.410 e. The summed E-state index contributed by atoms with van der Waals surface area (Å²) in [6.07, 6.45) is 5.72. The molecule has 0 radical (unpaired) electrons. The van der Waals surface area contributed by atoms with E-state index < -0.39 is 5.60 Å². The van der Waals surface area contributed by atoms with Crippen LogP contribution in [-0.4, -0.2) is 39.9 Å². The number of piperidine rings is 1. The van der Waals surface area contributed by atoms with E-state index in [-0.39, 0.29) is 35.6 Å². The van der Waals surface area contributed by atoms with E-state index >= 15 is 0 Å². The van der Waals surface area contributed by atoms with Crippen LogP contribution in [0.15, 0.2) is 0 Å². The lowest BCUT2D eigenvalue weighted by Gasteiger charge is -2.50. The second-order valence-electron chi connectivity index (χ2n) is 9.22. The van der Waals surface area contributed by atoms with E-state index in [1.807, 2.05) is 25.7 Å². The lowest BCUT2D eigenvalue weighted by molar-refractivity contribution is -0.0818. The first-order valence-electron chi connectivity index (χ1n) is 9.22. The van der Waals surface area contributed by atoms with Gasteiger partial charge in [0.05, 0.1) is 6.10 Å². The van der Waals surface area contributed by atoms with E-state index in [4.69, 9.17) is 4.74 Å². The predicted octanol–water partition coefficient (Wildman–Crippen LogP) is 4.35. The molecule has 1 heterocycles. The van der Waals surface area contributed by atoms with Crippen LogP contribution in [0.1, 0.15) is 80.1 Å². The zero-order chi connectivity index (χ0) is 17.4. The van der Waals surface area contributed by atoms with Gasteiger partial charge in [-0.2, -0.15) is 0 Å². The van der Waals surface area contributed by atoms with Crippen molar-refractivity contribution < 1.29 is 14.6 Å². The van der Waals surface area contributed by atoms with Crippen LogP contribution in [0.3, 0.4) is 0 Å². The zero-order valence-electron chi connectivity index (χ0n) is 15.8. The summed E-state index contributed by atoms with van der Waals surface area (Å²) in [4.78, 5) is 14.7. The molecule has 2 fully saturated rings. The van der Waals surface area contributed by atoms with Gasteiger partial charge in [-0.1, -0.05) is 20.3 Å². The highest BCUT2D eigenvalue weighted by Crippen LogP contribution is 2.44. The highest BCUT2D eigenvalue weighted by atomic mass is 16.6. The Kier molecular flexibility index (Phi) is 5.34. The van der Waals surface area contributed by atoms with Gasteiger partial charge in [-0.15, -0.1) is 0 Å². The summed E-state index contributed by atoms with van der Waals surface area (Å²) in [5.41, 5.74) is -0.549. The molecule has 134 valence electrons. The van der Waals surface area contributed by atoms with Crippen molar-refractivity contribution >= 4 is 6.09 Å². The highest BCUT2D eigenvalue weighted by Gasteiger charge is 2.46. The van der Waals surface area contributed by atoms with Crippen LogP contribution in [0, 0.1) is 11.3 Å². The molecule has 4 nitrogen and oxygen atoms in total. The number of ether oxygens (including phenoxy) is 1. The quantitative estimate of drug-likeness (QED) is 0.779. The Morgan fingerprint density at radius 1 is 1.17 bits per heavy atom. The van der Waals surface area contributed by atoms with Gasteiger partial charge in [-0.05, 0) is 65.2 Å². The second kappa shape index (κ2) is 6.62. The molecule has 4 atom stereocenters. The number of aliphatic hydroxyl groups excluding tert-OH is 1. The molecule has 4 heteroatoms. The zero-order valence-corrected chi connectivity index (χ0v) is 15.8. The molecule has 0 aromatic heterocycles. The van der Waals surface area contributed by atoms with Gasteiger partial charge in [0.2, 0.25) is 0 Å². The Morgan fingerprint density at radius 2 is 1.83 bits per heavy atom. The summed E-state index contributed by atoms with van der Waals surface area (Å²) in [5, 5.41) is 10.9. The monoisotopic (exact) mass is 325 g/mol. The molecular weight excluding hydrogens is 290 g/mol. The lowest BCUT2D eigenvalue weighted by Crippen LogP contribution is -2.57. The molecular formula is C19H35NO3. The van der Waals surface area contributed by atoms with Gasteiger partial charge in [0.15, 0.2) is 0 Å². The van der Waals surface area contributed by atoms with Crippen LogP contribution in [0.4, 0.5) is 4.79 Å². The van der Waals surface area contributed by atoms with E-state index in [9.17, 15) is 9.90 Å². The van der Waals surface area contributed by atoms with Crippen molar-refractivity contribution in [2.45, 2.75) is 104 Å². The average molecular weight is 325 g/mol.